The number of alkyl halides is 3. The zero-order valence-corrected chi connectivity index (χ0v) is 34.1. The third-order valence-electron chi connectivity index (χ3n) is 11.4. The summed E-state index contributed by atoms with van der Waals surface area (Å²) in [4.78, 5) is 51.0. The number of carbonyl (C=O) groups is 2. The number of hydrogen-bond acceptors (Lipinski definition) is 9. The Morgan fingerprint density at radius 2 is 1.60 bits per heavy atom. The van der Waals surface area contributed by atoms with Gasteiger partial charge in [-0.2, -0.15) is 18.3 Å². The summed E-state index contributed by atoms with van der Waals surface area (Å²) in [7, 11) is 0. The summed E-state index contributed by atoms with van der Waals surface area (Å²) in [6.45, 7) is 2.76. The van der Waals surface area contributed by atoms with Crippen LogP contribution in [0.4, 0.5) is 29.1 Å². The number of H-pyrrole nitrogens is 1. The molecule has 0 unspecified atom stereocenters. The van der Waals surface area contributed by atoms with Crippen LogP contribution in [0.25, 0.3) is 10.8 Å². The number of halogens is 4. The summed E-state index contributed by atoms with van der Waals surface area (Å²) in [6.07, 6.45) is 5.78. The van der Waals surface area contributed by atoms with Crippen LogP contribution in [0.1, 0.15) is 87.4 Å². The van der Waals surface area contributed by atoms with Gasteiger partial charge in [0.15, 0.2) is 0 Å². The predicted molar refractivity (Wildman–Crippen MR) is 227 cm³/mol. The average Bonchev–Trinajstić information content (AvgIpc) is 3.95. The van der Waals surface area contributed by atoms with Crippen molar-refractivity contribution in [2.45, 2.75) is 70.3 Å². The number of rotatable bonds is 9. The highest BCUT2D eigenvalue weighted by Crippen LogP contribution is 2.41. The van der Waals surface area contributed by atoms with Crippen molar-refractivity contribution in [2.75, 3.05) is 17.2 Å². The third-order valence-corrected chi connectivity index (χ3v) is 11.4. The van der Waals surface area contributed by atoms with E-state index in [0.717, 1.165) is 22.0 Å². The Bertz CT molecular complexity index is 2820. The van der Waals surface area contributed by atoms with Gasteiger partial charge in [-0.15, -0.1) is 5.10 Å². The number of nitrogens with one attached hydrogen (secondary N) is 3. The molecule has 2 aliphatic rings. The summed E-state index contributed by atoms with van der Waals surface area (Å²) in [5, 5.41) is 17.3. The second-order valence-electron chi connectivity index (χ2n) is 15.7. The molecular formula is C46H42F4N10O3. The first kappa shape index (κ1) is 42.4. The smallest absolute Gasteiger partial charge is 0.365 e. The molecule has 5 heterocycles. The second kappa shape index (κ2) is 18.0. The van der Waals surface area contributed by atoms with Crippen LogP contribution in [-0.4, -0.2) is 58.2 Å². The lowest BCUT2D eigenvalue weighted by atomic mass is 9.81. The number of aromatic amines is 1. The molecule has 1 aliphatic heterocycles. The van der Waals surface area contributed by atoms with Gasteiger partial charge >= 0.3 is 6.18 Å². The Kier molecular flexibility index (Phi) is 12.1. The van der Waals surface area contributed by atoms with Crippen molar-refractivity contribution in [3.05, 3.63) is 171 Å². The molecule has 9 rings (SSSR count). The minimum absolute atomic E-state index is 0.0126. The molecular weight excluding hydrogens is 817 g/mol. The summed E-state index contributed by atoms with van der Waals surface area (Å²) >= 11 is 0. The van der Waals surface area contributed by atoms with E-state index in [1.54, 1.807) is 55.0 Å². The zero-order chi connectivity index (χ0) is 44.1. The van der Waals surface area contributed by atoms with Gasteiger partial charge in [0.1, 0.15) is 17.5 Å². The molecule has 1 saturated carbocycles. The monoisotopic (exact) mass is 858 g/mol. The molecule has 3 N–H and O–H groups in total. The maximum Gasteiger partial charge on any atom is 0.453 e. The van der Waals surface area contributed by atoms with E-state index in [0.29, 0.717) is 40.0 Å². The van der Waals surface area contributed by atoms with Crippen molar-refractivity contribution in [2.24, 2.45) is 0 Å². The zero-order valence-electron chi connectivity index (χ0n) is 34.1. The number of nitrogens with zero attached hydrogens (tertiary/aromatic N) is 7. The Balaban J connectivity index is 0.000000175. The van der Waals surface area contributed by atoms with E-state index in [9.17, 15) is 31.9 Å². The summed E-state index contributed by atoms with van der Waals surface area (Å²) in [5.74, 6) is -2.32. The molecule has 3 aromatic carbocycles. The number of anilines is 2. The predicted octanol–water partition coefficient (Wildman–Crippen LogP) is 8.09. The van der Waals surface area contributed by atoms with Crippen molar-refractivity contribution >= 4 is 34.1 Å². The molecule has 4 aromatic heterocycles. The van der Waals surface area contributed by atoms with Gasteiger partial charge in [0.25, 0.3) is 23.2 Å². The lowest BCUT2D eigenvalue weighted by Gasteiger charge is -2.27. The van der Waals surface area contributed by atoms with Crippen LogP contribution in [-0.2, 0) is 37.6 Å². The van der Waals surface area contributed by atoms with Crippen LogP contribution in [0.3, 0.4) is 0 Å². The number of carbonyl (C=O) groups excluding carboxylic acids is 2. The van der Waals surface area contributed by atoms with Gasteiger partial charge in [-0.1, -0.05) is 56.2 Å². The highest BCUT2D eigenvalue weighted by Gasteiger charge is 2.38. The Labute approximate surface area is 358 Å². The quantitative estimate of drug-likeness (QED) is 0.122. The van der Waals surface area contributed by atoms with Gasteiger partial charge < -0.3 is 15.5 Å². The van der Waals surface area contributed by atoms with Crippen molar-refractivity contribution in [1.82, 2.24) is 39.8 Å². The Hall–Kier alpha value is -7.30. The van der Waals surface area contributed by atoms with E-state index in [1.165, 1.54) is 48.3 Å². The first-order chi connectivity index (χ1) is 30.3. The Morgan fingerprint density at radius 1 is 0.857 bits per heavy atom. The largest absolute Gasteiger partial charge is 0.453 e. The normalized spacial score (nSPS) is 14.4. The maximum atomic E-state index is 14.6. The lowest BCUT2D eigenvalue weighted by Crippen LogP contribution is -2.39. The number of pyridine rings is 2. The fourth-order valence-electron chi connectivity index (χ4n) is 7.96. The van der Waals surface area contributed by atoms with Crippen LogP contribution in [0.15, 0.2) is 114 Å². The van der Waals surface area contributed by atoms with Gasteiger partial charge in [-0.3, -0.25) is 19.4 Å². The van der Waals surface area contributed by atoms with Crippen molar-refractivity contribution in [3.8, 4) is 0 Å². The molecule has 63 heavy (non-hydrogen) atoms. The van der Waals surface area contributed by atoms with E-state index in [4.69, 9.17) is 0 Å². The van der Waals surface area contributed by atoms with E-state index in [1.807, 2.05) is 24.3 Å². The van der Waals surface area contributed by atoms with Crippen molar-refractivity contribution in [3.63, 3.8) is 0 Å². The van der Waals surface area contributed by atoms with E-state index >= 15 is 0 Å². The van der Waals surface area contributed by atoms with Crippen molar-refractivity contribution < 1.29 is 27.2 Å². The fourth-order valence-corrected chi connectivity index (χ4v) is 7.96. The number of fused-ring (bicyclic) bond motifs is 2. The van der Waals surface area contributed by atoms with E-state index < -0.39 is 23.7 Å². The van der Waals surface area contributed by atoms with Crippen LogP contribution < -0.4 is 16.2 Å². The van der Waals surface area contributed by atoms with Gasteiger partial charge in [-0.05, 0) is 89.5 Å². The van der Waals surface area contributed by atoms with Gasteiger partial charge in [0, 0.05) is 49.2 Å². The topological polar surface area (TPSA) is 164 Å². The minimum atomic E-state index is -4.69. The van der Waals surface area contributed by atoms with E-state index in [2.05, 4.69) is 59.9 Å². The summed E-state index contributed by atoms with van der Waals surface area (Å²) in [6, 6.07) is 26.7. The molecule has 1 fully saturated rings. The number of benzene rings is 3. The average molecular weight is 859 g/mol. The fraction of sp³-hybridized carbons (Fsp3) is 0.261. The Morgan fingerprint density at radius 3 is 2.35 bits per heavy atom. The number of hydrogen-bond donors (Lipinski definition) is 3. The first-order valence-electron chi connectivity index (χ1n) is 20.4. The van der Waals surface area contributed by atoms with Crippen LogP contribution >= 0.6 is 0 Å². The molecule has 0 saturated heterocycles. The number of amides is 2. The second-order valence-corrected chi connectivity index (χ2v) is 15.7. The maximum absolute atomic E-state index is 14.6. The van der Waals surface area contributed by atoms with E-state index in [-0.39, 0.29) is 54.3 Å². The molecule has 1 aliphatic carbocycles. The van der Waals surface area contributed by atoms with Crippen LogP contribution in [0, 0.1) is 5.82 Å². The third kappa shape index (κ3) is 9.61. The molecule has 0 radical (unpaired) electrons. The molecule has 13 nitrogen and oxygen atoms in total. The molecule has 2 amide bonds. The summed E-state index contributed by atoms with van der Waals surface area (Å²) < 4.78 is 54.4. The highest BCUT2D eigenvalue weighted by molar-refractivity contribution is 6.07. The van der Waals surface area contributed by atoms with Crippen LogP contribution in [0.5, 0.6) is 0 Å². The lowest BCUT2D eigenvalue weighted by molar-refractivity contribution is -0.145. The SMILES string of the molecule is CC1(c2ccc(NC(=O)c3cccnc3NCc3ccncc3)cc2)CCCC1.O=C(c1cc(Cc2n[nH]c(=O)c3ccccc23)ccc1F)N1CCn2nc(C(F)(F)F)nc2C1. The first-order valence-corrected chi connectivity index (χ1v) is 20.4. The van der Waals surface area contributed by atoms with Gasteiger partial charge in [0.2, 0.25) is 0 Å². The standard InChI is InChI=1S/C24H26N4O.C22H16F4N6O2/c1-24(12-2-3-13-24)19-6-8-20(9-7-19)28-23(29)21-5-4-14-26-22(21)27-17-18-10-15-25-16-11-18;23-16-6-5-12(10-17-13-3-1-2-4-14(13)19(33)29-28-17)9-15(16)20(34)31-7-8-32-18(11-31)27-21(30-32)22(24,25)26/h4-11,14-16H,2-3,12-13,17H2,1H3,(H,26,27)(H,28,29);1-6,9H,7-8,10-11H2,(H,29,33). The number of aromatic nitrogens is 7. The molecule has 322 valence electrons. The molecule has 7 aromatic rings. The van der Waals surface area contributed by atoms with Crippen LogP contribution in [0.2, 0.25) is 0 Å². The summed E-state index contributed by atoms with van der Waals surface area (Å²) in [5.41, 5.74) is 4.60. The highest BCUT2D eigenvalue weighted by atomic mass is 19.4. The molecule has 17 heteroatoms. The van der Waals surface area contributed by atoms with Gasteiger partial charge in [-0.25, -0.2) is 24.1 Å². The minimum Gasteiger partial charge on any atom is -0.365 e. The molecule has 0 atom stereocenters. The van der Waals surface area contributed by atoms with Crippen molar-refractivity contribution in [1.29, 1.82) is 0 Å². The molecule has 0 bridgehead atoms. The molecule has 0 spiro atoms. The van der Waals surface area contributed by atoms with Gasteiger partial charge in [0.05, 0.1) is 35.3 Å².